The molecule has 0 atom stereocenters. The van der Waals surface area contributed by atoms with E-state index in [2.05, 4.69) is 15.5 Å². The number of anilines is 1. The summed E-state index contributed by atoms with van der Waals surface area (Å²) < 4.78 is 15.3. The molecule has 0 aliphatic carbocycles. The molecule has 0 radical (unpaired) electrons. The number of carbonyl (C=O) groups excluding carboxylic acids is 2. The normalized spacial score (nSPS) is 10.5. The number of esters is 1. The lowest BCUT2D eigenvalue weighted by molar-refractivity contribution is -0.145. The van der Waals surface area contributed by atoms with Crippen molar-refractivity contribution in [1.29, 1.82) is 0 Å². The van der Waals surface area contributed by atoms with Crippen LogP contribution in [-0.2, 0) is 15.3 Å². The van der Waals surface area contributed by atoms with Crippen LogP contribution in [0.5, 0.6) is 5.75 Å². The van der Waals surface area contributed by atoms with E-state index in [0.29, 0.717) is 34.4 Å². The van der Waals surface area contributed by atoms with E-state index in [0.717, 1.165) is 11.5 Å². The lowest BCUT2D eigenvalue weighted by Crippen LogP contribution is -2.15. The van der Waals surface area contributed by atoms with Crippen molar-refractivity contribution in [2.24, 2.45) is 0 Å². The summed E-state index contributed by atoms with van der Waals surface area (Å²) in [4.78, 5) is 28.5. The zero-order valence-corrected chi connectivity index (χ0v) is 17.4. The molecule has 3 aromatic rings. The number of nitrogens with one attached hydrogen (secondary N) is 1. The average molecular weight is 427 g/mol. The molecule has 0 aliphatic rings. The smallest absolute Gasteiger partial charge is 0.344 e. The van der Waals surface area contributed by atoms with Gasteiger partial charge in [-0.25, -0.2) is 9.78 Å². The molecule has 3 rings (SSSR count). The number of carbonyl (C=O) groups is 2. The Kier molecular flexibility index (Phi) is 7.45. The van der Waals surface area contributed by atoms with E-state index >= 15 is 0 Å². The number of ether oxygens (including phenoxy) is 2. The first-order valence-electron chi connectivity index (χ1n) is 9.25. The first-order valence-corrected chi connectivity index (χ1v) is 10.2. The third-order valence-corrected chi connectivity index (χ3v) is 4.84. The minimum absolute atomic E-state index is 0.198. The van der Waals surface area contributed by atoms with Crippen molar-refractivity contribution in [3.8, 4) is 5.75 Å². The van der Waals surface area contributed by atoms with E-state index in [4.69, 9.17) is 14.0 Å². The summed E-state index contributed by atoms with van der Waals surface area (Å²) >= 11 is 1.40. The molecule has 0 saturated heterocycles. The molecule has 0 fully saturated rings. The average Bonchev–Trinajstić information content (AvgIpc) is 3.16. The summed E-state index contributed by atoms with van der Waals surface area (Å²) in [5.41, 5.74) is 1.76. The molecule has 0 aliphatic heterocycles. The molecular weight excluding hydrogens is 406 g/mol. The number of amides is 1. The van der Waals surface area contributed by atoms with Crippen LogP contribution >= 0.6 is 11.8 Å². The molecular formula is C21H21N3O5S. The highest BCUT2D eigenvalue weighted by Gasteiger charge is 2.14. The molecule has 1 N–H and O–H groups in total. The second kappa shape index (κ2) is 10.4. The number of nitrogens with zero attached hydrogens (tertiary/aromatic N) is 2. The Morgan fingerprint density at radius 2 is 2.07 bits per heavy atom. The number of hydrogen-bond acceptors (Lipinski definition) is 8. The van der Waals surface area contributed by atoms with E-state index < -0.39 is 5.97 Å². The standard InChI is InChI=1S/C21H21N3O5S/c1-3-27-19(25)12-28-17-7-4-6-15(11-17)23-20(26)18-8-5-9-22-21(18)30-13-16-10-14(2)29-24-16/h4-11H,3,12-13H2,1-2H3,(H,23,26). The molecule has 8 nitrogen and oxygen atoms in total. The third-order valence-electron chi connectivity index (χ3n) is 3.80. The summed E-state index contributed by atoms with van der Waals surface area (Å²) in [7, 11) is 0. The van der Waals surface area contributed by atoms with Gasteiger partial charge in [0.2, 0.25) is 0 Å². The first-order chi connectivity index (χ1) is 14.5. The van der Waals surface area contributed by atoms with Gasteiger partial charge < -0.3 is 19.3 Å². The fourth-order valence-corrected chi connectivity index (χ4v) is 3.39. The van der Waals surface area contributed by atoms with Crippen molar-refractivity contribution >= 4 is 29.3 Å². The van der Waals surface area contributed by atoms with Gasteiger partial charge in [-0.05, 0) is 38.1 Å². The van der Waals surface area contributed by atoms with Crippen LogP contribution in [-0.4, -0.2) is 35.2 Å². The SMILES string of the molecule is CCOC(=O)COc1cccc(NC(=O)c2cccnc2SCc2cc(C)on2)c1. The van der Waals surface area contributed by atoms with E-state index in [9.17, 15) is 9.59 Å². The second-order valence-corrected chi connectivity index (χ2v) is 7.11. The molecule has 2 aromatic heterocycles. The number of thioether (sulfide) groups is 1. The van der Waals surface area contributed by atoms with Crippen molar-refractivity contribution in [3.05, 3.63) is 65.7 Å². The van der Waals surface area contributed by atoms with Crippen LogP contribution < -0.4 is 10.1 Å². The topological polar surface area (TPSA) is 104 Å². The molecule has 1 amide bonds. The van der Waals surface area contributed by atoms with Gasteiger partial charge in [0.05, 0.1) is 17.9 Å². The Labute approximate surface area is 178 Å². The van der Waals surface area contributed by atoms with Gasteiger partial charge in [0.15, 0.2) is 6.61 Å². The summed E-state index contributed by atoms with van der Waals surface area (Å²) in [5.74, 6) is 0.958. The predicted molar refractivity (Wildman–Crippen MR) is 112 cm³/mol. The maximum atomic E-state index is 12.8. The van der Waals surface area contributed by atoms with Gasteiger partial charge in [-0.1, -0.05) is 23.0 Å². The van der Waals surface area contributed by atoms with E-state index in [-0.39, 0.29) is 12.5 Å². The van der Waals surface area contributed by atoms with Crippen LogP contribution in [0.15, 0.2) is 58.2 Å². The van der Waals surface area contributed by atoms with Gasteiger partial charge in [-0.3, -0.25) is 4.79 Å². The Morgan fingerprint density at radius 1 is 1.20 bits per heavy atom. The Hall–Kier alpha value is -3.33. The maximum absolute atomic E-state index is 12.8. The van der Waals surface area contributed by atoms with E-state index in [1.807, 2.05) is 13.0 Å². The lowest BCUT2D eigenvalue weighted by Gasteiger charge is -2.10. The van der Waals surface area contributed by atoms with E-state index in [1.165, 1.54) is 11.8 Å². The molecule has 2 heterocycles. The maximum Gasteiger partial charge on any atom is 0.344 e. The van der Waals surface area contributed by atoms with Crippen molar-refractivity contribution in [2.45, 2.75) is 24.6 Å². The molecule has 0 saturated carbocycles. The first kappa shape index (κ1) is 21.4. The molecule has 9 heteroatoms. The van der Waals surface area contributed by atoms with Crippen LogP contribution in [0, 0.1) is 6.92 Å². The van der Waals surface area contributed by atoms with Gasteiger partial charge in [0.1, 0.15) is 16.5 Å². The van der Waals surface area contributed by atoms with Crippen LogP contribution in [0.2, 0.25) is 0 Å². The van der Waals surface area contributed by atoms with Gasteiger partial charge >= 0.3 is 5.97 Å². The van der Waals surface area contributed by atoms with Crippen LogP contribution in [0.3, 0.4) is 0 Å². The number of pyridine rings is 1. The van der Waals surface area contributed by atoms with Crippen molar-refractivity contribution in [2.75, 3.05) is 18.5 Å². The largest absolute Gasteiger partial charge is 0.482 e. The fourth-order valence-electron chi connectivity index (χ4n) is 2.51. The van der Waals surface area contributed by atoms with Crippen LogP contribution in [0.25, 0.3) is 0 Å². The lowest BCUT2D eigenvalue weighted by atomic mass is 10.2. The zero-order chi connectivity index (χ0) is 21.3. The number of benzene rings is 1. The monoisotopic (exact) mass is 427 g/mol. The quantitative estimate of drug-likeness (QED) is 0.405. The zero-order valence-electron chi connectivity index (χ0n) is 16.6. The molecule has 0 unspecified atom stereocenters. The molecule has 30 heavy (non-hydrogen) atoms. The summed E-state index contributed by atoms with van der Waals surface area (Å²) in [6.07, 6.45) is 1.64. The number of rotatable bonds is 9. The third kappa shape index (κ3) is 6.08. The number of aromatic nitrogens is 2. The van der Waals surface area contributed by atoms with Gasteiger partial charge in [0.25, 0.3) is 5.91 Å². The molecule has 0 spiro atoms. The number of hydrogen-bond donors (Lipinski definition) is 1. The van der Waals surface area contributed by atoms with Crippen LogP contribution in [0.1, 0.15) is 28.7 Å². The highest BCUT2D eigenvalue weighted by molar-refractivity contribution is 7.98. The van der Waals surface area contributed by atoms with Crippen molar-refractivity contribution in [3.63, 3.8) is 0 Å². The highest BCUT2D eigenvalue weighted by Crippen LogP contribution is 2.25. The minimum Gasteiger partial charge on any atom is -0.482 e. The summed E-state index contributed by atoms with van der Waals surface area (Å²) in [5, 5.41) is 7.37. The predicted octanol–water partition coefficient (Wildman–Crippen LogP) is 3.86. The minimum atomic E-state index is -0.453. The van der Waals surface area contributed by atoms with Crippen molar-refractivity contribution < 1.29 is 23.6 Å². The molecule has 1 aromatic carbocycles. The summed E-state index contributed by atoms with van der Waals surface area (Å²) in [6.45, 7) is 3.65. The number of aryl methyl sites for hydroxylation is 1. The van der Waals surface area contributed by atoms with Crippen molar-refractivity contribution in [1.82, 2.24) is 10.1 Å². The van der Waals surface area contributed by atoms with Gasteiger partial charge in [-0.2, -0.15) is 0 Å². The summed E-state index contributed by atoms with van der Waals surface area (Å²) in [6, 6.07) is 12.0. The van der Waals surface area contributed by atoms with Gasteiger partial charge in [-0.15, -0.1) is 0 Å². The Morgan fingerprint density at radius 3 is 2.83 bits per heavy atom. The van der Waals surface area contributed by atoms with Crippen LogP contribution in [0.4, 0.5) is 5.69 Å². The second-order valence-electron chi connectivity index (χ2n) is 6.15. The highest BCUT2D eigenvalue weighted by atomic mass is 32.2. The Bertz CT molecular complexity index is 1020. The Balaban J connectivity index is 1.64. The molecule has 156 valence electrons. The fraction of sp³-hybridized carbons (Fsp3) is 0.238. The van der Waals surface area contributed by atoms with Gasteiger partial charge in [0, 0.05) is 29.8 Å². The molecule has 0 bridgehead atoms. The van der Waals surface area contributed by atoms with E-state index in [1.54, 1.807) is 49.5 Å².